The highest BCUT2D eigenvalue weighted by Gasteiger charge is 2.81. The molecule has 1 saturated heterocycles. The monoisotopic (exact) mass is 372 g/mol. The second-order valence-corrected chi connectivity index (χ2v) is 9.86. The van der Waals surface area contributed by atoms with Crippen molar-refractivity contribution in [2.45, 2.75) is 63.8 Å². The molecule has 3 saturated carbocycles. The lowest BCUT2D eigenvalue weighted by Gasteiger charge is -2.55. The standard InChI is InChI=1S/C22H28O5/c1-12-8-16-15-5-4-13-9-14(24)6-7-19(13,2)22(15)18(27-22)10-20(16,3)21(12,26)17(25)11-23/h6-7,9,12,15-16,18,23,26H,4-5,8,10-11H2,1-3H3/t12-,15+,16-,18-,19-,20-,21-,22+/m0/s1. The maximum atomic E-state index is 12.6. The van der Waals surface area contributed by atoms with Crippen LogP contribution >= 0.6 is 0 Å². The van der Waals surface area contributed by atoms with Gasteiger partial charge in [0.2, 0.25) is 0 Å². The summed E-state index contributed by atoms with van der Waals surface area (Å²) in [4.78, 5) is 24.5. The summed E-state index contributed by atoms with van der Waals surface area (Å²) in [7, 11) is 0. The highest BCUT2D eigenvalue weighted by atomic mass is 16.6. The first-order valence-corrected chi connectivity index (χ1v) is 10.1. The molecule has 0 radical (unpaired) electrons. The van der Waals surface area contributed by atoms with Crippen molar-refractivity contribution >= 4 is 11.6 Å². The summed E-state index contributed by atoms with van der Waals surface area (Å²) >= 11 is 0. The zero-order chi connectivity index (χ0) is 19.4. The van der Waals surface area contributed by atoms with E-state index in [0.29, 0.717) is 6.42 Å². The summed E-state index contributed by atoms with van der Waals surface area (Å²) in [5.74, 6) is -0.193. The molecule has 1 heterocycles. The first-order chi connectivity index (χ1) is 12.6. The zero-order valence-corrected chi connectivity index (χ0v) is 16.2. The Kier molecular flexibility index (Phi) is 3.29. The maximum Gasteiger partial charge on any atom is 0.190 e. The van der Waals surface area contributed by atoms with Crippen LogP contribution in [0.15, 0.2) is 23.8 Å². The predicted octanol–water partition coefficient (Wildman–Crippen LogP) is 1.96. The highest BCUT2D eigenvalue weighted by molar-refractivity contribution is 6.01. The van der Waals surface area contributed by atoms with E-state index in [1.54, 1.807) is 12.2 Å². The molecule has 0 aromatic heterocycles. The molecule has 4 aliphatic carbocycles. The van der Waals surface area contributed by atoms with Crippen molar-refractivity contribution in [2.75, 3.05) is 6.61 Å². The van der Waals surface area contributed by atoms with Crippen LogP contribution in [0.4, 0.5) is 0 Å². The largest absolute Gasteiger partial charge is 0.388 e. The van der Waals surface area contributed by atoms with Gasteiger partial charge in [-0.05, 0) is 62.5 Å². The van der Waals surface area contributed by atoms with Crippen LogP contribution in [-0.4, -0.2) is 45.7 Å². The van der Waals surface area contributed by atoms with Gasteiger partial charge in [0.1, 0.15) is 17.8 Å². The molecule has 8 atom stereocenters. The molecular formula is C22H28O5. The summed E-state index contributed by atoms with van der Waals surface area (Å²) in [5, 5.41) is 21.0. The molecule has 1 aliphatic heterocycles. The Labute approximate surface area is 159 Å². The molecule has 5 rings (SSSR count). The number of ether oxygens (including phenoxy) is 1. The first-order valence-electron chi connectivity index (χ1n) is 10.1. The number of allylic oxidation sites excluding steroid dienone is 2. The van der Waals surface area contributed by atoms with Crippen molar-refractivity contribution < 1.29 is 24.5 Å². The summed E-state index contributed by atoms with van der Waals surface area (Å²) < 4.78 is 6.43. The second kappa shape index (κ2) is 5.00. The Balaban J connectivity index is 1.60. The molecule has 1 spiro atoms. The number of hydrogen-bond donors (Lipinski definition) is 2. The maximum absolute atomic E-state index is 12.6. The van der Waals surface area contributed by atoms with Crippen LogP contribution in [0.3, 0.4) is 0 Å². The van der Waals surface area contributed by atoms with Gasteiger partial charge in [0.15, 0.2) is 11.6 Å². The van der Waals surface area contributed by atoms with Crippen molar-refractivity contribution in [3.05, 3.63) is 23.8 Å². The number of carbonyl (C=O) groups excluding carboxylic acids is 2. The molecule has 0 unspecified atom stereocenters. The summed E-state index contributed by atoms with van der Waals surface area (Å²) in [6.07, 6.45) is 8.58. The van der Waals surface area contributed by atoms with Crippen molar-refractivity contribution in [1.82, 2.24) is 0 Å². The quantitative estimate of drug-likeness (QED) is 0.724. The Bertz CT molecular complexity index is 814. The molecule has 5 aliphatic rings. The molecule has 27 heavy (non-hydrogen) atoms. The van der Waals surface area contributed by atoms with E-state index in [4.69, 9.17) is 4.74 Å². The van der Waals surface area contributed by atoms with E-state index in [2.05, 4.69) is 6.92 Å². The SMILES string of the molecule is C[C@H]1C[C@H]2[C@H]3CCC4=CC(=O)C=C[C@]4(C)[C@@]34O[C@H]4C[C@]2(C)[C@@]1(O)C(=O)CO. The van der Waals surface area contributed by atoms with E-state index in [-0.39, 0.29) is 40.7 Å². The van der Waals surface area contributed by atoms with Crippen LogP contribution in [0.1, 0.15) is 46.5 Å². The van der Waals surface area contributed by atoms with E-state index in [1.807, 2.05) is 19.9 Å². The average molecular weight is 372 g/mol. The molecule has 0 aromatic rings. The average Bonchev–Trinajstić information content (AvgIpc) is 3.31. The molecule has 0 aromatic carbocycles. The lowest BCUT2D eigenvalue weighted by atomic mass is 9.46. The van der Waals surface area contributed by atoms with Crippen LogP contribution in [0.2, 0.25) is 0 Å². The van der Waals surface area contributed by atoms with E-state index >= 15 is 0 Å². The second-order valence-electron chi connectivity index (χ2n) is 9.86. The fraction of sp³-hybridized carbons (Fsp3) is 0.727. The molecule has 2 N–H and O–H groups in total. The van der Waals surface area contributed by atoms with E-state index in [9.17, 15) is 19.8 Å². The van der Waals surface area contributed by atoms with Crippen LogP contribution in [0.25, 0.3) is 0 Å². The Morgan fingerprint density at radius 2 is 2.07 bits per heavy atom. The van der Waals surface area contributed by atoms with Gasteiger partial charge in [-0.25, -0.2) is 0 Å². The van der Waals surface area contributed by atoms with Gasteiger partial charge in [-0.2, -0.15) is 0 Å². The number of hydrogen-bond acceptors (Lipinski definition) is 5. The van der Waals surface area contributed by atoms with Gasteiger partial charge in [-0.15, -0.1) is 0 Å². The van der Waals surface area contributed by atoms with Crippen molar-refractivity contribution in [3.8, 4) is 0 Å². The fourth-order valence-electron chi connectivity index (χ4n) is 7.70. The zero-order valence-electron chi connectivity index (χ0n) is 16.2. The smallest absolute Gasteiger partial charge is 0.190 e. The molecule has 4 fully saturated rings. The minimum absolute atomic E-state index is 0.0291. The van der Waals surface area contributed by atoms with Gasteiger partial charge < -0.3 is 14.9 Å². The number of aliphatic hydroxyl groups excluding tert-OH is 1. The third-order valence-corrected chi connectivity index (χ3v) is 9.08. The number of aliphatic hydroxyl groups is 2. The number of rotatable bonds is 2. The van der Waals surface area contributed by atoms with Gasteiger partial charge in [0.25, 0.3) is 0 Å². The van der Waals surface area contributed by atoms with Gasteiger partial charge in [0.05, 0.1) is 6.10 Å². The van der Waals surface area contributed by atoms with E-state index in [0.717, 1.165) is 24.8 Å². The minimum atomic E-state index is -1.50. The number of fused-ring (bicyclic) bond motifs is 3. The highest BCUT2D eigenvalue weighted by Crippen LogP contribution is 2.76. The van der Waals surface area contributed by atoms with Gasteiger partial charge in [0, 0.05) is 10.8 Å². The topological polar surface area (TPSA) is 87.1 Å². The molecule has 0 amide bonds. The third-order valence-electron chi connectivity index (χ3n) is 9.08. The van der Waals surface area contributed by atoms with Crippen LogP contribution in [0, 0.1) is 28.6 Å². The lowest BCUT2D eigenvalue weighted by molar-refractivity contribution is -0.165. The third kappa shape index (κ3) is 1.73. The van der Waals surface area contributed by atoms with Gasteiger partial charge in [-0.1, -0.05) is 25.5 Å². The summed E-state index contributed by atoms with van der Waals surface area (Å²) in [6.45, 7) is 5.51. The van der Waals surface area contributed by atoms with Crippen LogP contribution in [0.5, 0.6) is 0 Å². The molecule has 5 nitrogen and oxygen atoms in total. The molecule has 5 heteroatoms. The lowest BCUT2D eigenvalue weighted by Crippen LogP contribution is -2.62. The van der Waals surface area contributed by atoms with Gasteiger partial charge in [-0.3, -0.25) is 9.59 Å². The minimum Gasteiger partial charge on any atom is -0.388 e. The van der Waals surface area contributed by atoms with Crippen molar-refractivity contribution in [3.63, 3.8) is 0 Å². The summed E-state index contributed by atoms with van der Waals surface area (Å²) in [5.41, 5.74) is -1.55. The van der Waals surface area contributed by atoms with E-state index < -0.39 is 23.4 Å². The van der Waals surface area contributed by atoms with Crippen LogP contribution < -0.4 is 0 Å². The summed E-state index contributed by atoms with van der Waals surface area (Å²) in [6, 6.07) is 0. The molecule has 0 bridgehead atoms. The Morgan fingerprint density at radius 1 is 1.33 bits per heavy atom. The number of epoxide rings is 1. The number of Topliss-reactive ketones (excluding diaryl/α,β-unsaturated/α-hetero) is 1. The molecular weight excluding hydrogens is 344 g/mol. The number of ketones is 2. The first kappa shape index (κ1) is 17.8. The predicted molar refractivity (Wildman–Crippen MR) is 97.7 cm³/mol. The molecule has 146 valence electrons. The number of carbonyl (C=O) groups is 2. The van der Waals surface area contributed by atoms with Gasteiger partial charge >= 0.3 is 0 Å². The fourth-order valence-corrected chi connectivity index (χ4v) is 7.70. The van der Waals surface area contributed by atoms with Crippen LogP contribution in [-0.2, 0) is 14.3 Å². The van der Waals surface area contributed by atoms with Crippen molar-refractivity contribution in [2.24, 2.45) is 28.6 Å². The Hall–Kier alpha value is -1.30. The Morgan fingerprint density at radius 3 is 2.78 bits per heavy atom. The van der Waals surface area contributed by atoms with Crippen molar-refractivity contribution in [1.29, 1.82) is 0 Å². The normalized spacial score (nSPS) is 55.1. The van der Waals surface area contributed by atoms with E-state index in [1.165, 1.54) is 0 Å².